The fraction of sp³-hybridized carbons (Fsp3) is 1.00. The van der Waals surface area contributed by atoms with E-state index in [0.717, 1.165) is 0 Å². The van der Waals surface area contributed by atoms with Crippen molar-refractivity contribution in [2.75, 3.05) is 21.1 Å². The van der Waals surface area contributed by atoms with Gasteiger partial charge < -0.3 is 15.5 Å². The molecule has 5 heteroatoms. The first kappa shape index (κ1) is 9.88. The van der Waals surface area contributed by atoms with Crippen LogP contribution in [-0.4, -0.2) is 55.3 Å². The number of aliphatic hydroxyl groups excluding tert-OH is 2. The summed E-state index contributed by atoms with van der Waals surface area (Å²) in [7, 11) is 5.12. The zero-order chi connectivity index (χ0) is 9.35. The molecule has 5 N–H and O–H groups in total. The van der Waals surface area contributed by atoms with Crippen LogP contribution < -0.4 is 16.0 Å². The second-order valence-corrected chi connectivity index (χ2v) is 3.07. The fourth-order valence-corrected chi connectivity index (χ4v) is 1.83. The summed E-state index contributed by atoms with van der Waals surface area (Å²) in [5, 5.41) is 27.9. The van der Waals surface area contributed by atoms with Crippen molar-refractivity contribution < 1.29 is 10.2 Å². The number of rotatable bonds is 3. The Morgan fingerprint density at radius 2 is 1.42 bits per heavy atom. The molecule has 12 heavy (non-hydrogen) atoms. The van der Waals surface area contributed by atoms with Gasteiger partial charge in [-0.1, -0.05) is 0 Å². The molecule has 0 aromatic heterocycles. The summed E-state index contributed by atoms with van der Waals surface area (Å²) >= 11 is 0. The van der Waals surface area contributed by atoms with Crippen molar-refractivity contribution in [3.8, 4) is 0 Å². The number of aliphatic hydroxyl groups is 2. The lowest BCUT2D eigenvalue weighted by atomic mass is 9.73. The molecule has 0 amide bonds. The maximum Gasteiger partial charge on any atom is 0.125 e. The van der Waals surface area contributed by atoms with Crippen LogP contribution in [0.1, 0.15) is 0 Å². The molecule has 1 fully saturated rings. The van der Waals surface area contributed by atoms with Crippen LogP contribution >= 0.6 is 0 Å². The molecule has 0 radical (unpaired) electrons. The van der Waals surface area contributed by atoms with E-state index in [1.54, 1.807) is 21.1 Å². The lowest BCUT2D eigenvalue weighted by Gasteiger charge is -2.56. The Bertz CT molecular complexity index is 149. The van der Waals surface area contributed by atoms with Gasteiger partial charge in [-0.15, -0.1) is 0 Å². The van der Waals surface area contributed by atoms with Crippen LogP contribution in [0, 0.1) is 0 Å². The summed E-state index contributed by atoms with van der Waals surface area (Å²) < 4.78 is 0. The molecule has 1 saturated carbocycles. The lowest BCUT2D eigenvalue weighted by molar-refractivity contribution is -0.166. The largest absolute Gasteiger partial charge is 0.388 e. The van der Waals surface area contributed by atoms with Crippen molar-refractivity contribution in [1.29, 1.82) is 0 Å². The Hall–Kier alpha value is -0.200. The molecule has 1 aliphatic rings. The average molecular weight is 175 g/mol. The van der Waals surface area contributed by atoms with E-state index in [0.29, 0.717) is 0 Å². The zero-order valence-electron chi connectivity index (χ0n) is 7.63. The molecule has 0 bridgehead atoms. The minimum absolute atomic E-state index is 0.259. The third-order valence-electron chi connectivity index (χ3n) is 2.77. The van der Waals surface area contributed by atoms with Crippen LogP contribution in [0.25, 0.3) is 0 Å². The normalized spacial score (nSPS) is 39.2. The van der Waals surface area contributed by atoms with Crippen LogP contribution in [-0.2, 0) is 0 Å². The van der Waals surface area contributed by atoms with Gasteiger partial charge in [-0.25, -0.2) is 0 Å². The Morgan fingerprint density at radius 3 is 1.67 bits per heavy atom. The highest BCUT2D eigenvalue weighted by atomic mass is 16.3. The zero-order valence-corrected chi connectivity index (χ0v) is 7.63. The van der Waals surface area contributed by atoms with Gasteiger partial charge in [0.2, 0.25) is 0 Å². The molecule has 1 aliphatic carbocycles. The number of hydrogen-bond acceptors (Lipinski definition) is 5. The predicted octanol–water partition coefficient (Wildman–Crippen LogP) is -2.56. The van der Waals surface area contributed by atoms with E-state index in [9.17, 15) is 10.2 Å². The first-order valence-electron chi connectivity index (χ1n) is 4.05. The quantitative estimate of drug-likeness (QED) is 0.305. The van der Waals surface area contributed by atoms with Gasteiger partial charge in [0.15, 0.2) is 0 Å². The highest BCUT2D eigenvalue weighted by Gasteiger charge is 2.59. The van der Waals surface area contributed by atoms with Crippen molar-refractivity contribution in [1.82, 2.24) is 16.0 Å². The first-order valence-corrected chi connectivity index (χ1v) is 4.05. The van der Waals surface area contributed by atoms with Gasteiger partial charge in [-0.3, -0.25) is 10.6 Å². The highest BCUT2D eigenvalue weighted by molar-refractivity contribution is 5.16. The van der Waals surface area contributed by atoms with Crippen molar-refractivity contribution in [2.24, 2.45) is 0 Å². The monoisotopic (exact) mass is 175 g/mol. The summed E-state index contributed by atoms with van der Waals surface area (Å²) in [6.45, 7) is 0. The summed E-state index contributed by atoms with van der Waals surface area (Å²) in [6, 6.07) is -0.259. The van der Waals surface area contributed by atoms with Crippen molar-refractivity contribution in [3.05, 3.63) is 0 Å². The summed E-state index contributed by atoms with van der Waals surface area (Å²) in [5.74, 6) is 0. The van der Waals surface area contributed by atoms with E-state index in [2.05, 4.69) is 16.0 Å². The van der Waals surface area contributed by atoms with Crippen LogP contribution in [0.4, 0.5) is 0 Å². The first-order chi connectivity index (χ1) is 5.64. The van der Waals surface area contributed by atoms with Crippen molar-refractivity contribution >= 4 is 0 Å². The number of likely N-dealkylation sites (N-methyl/N-ethyl adjacent to an activating group) is 3. The minimum atomic E-state index is -0.756. The van der Waals surface area contributed by atoms with E-state index in [4.69, 9.17) is 0 Å². The Balaban J connectivity index is 2.69. The second kappa shape index (κ2) is 3.27. The van der Waals surface area contributed by atoms with E-state index in [1.165, 1.54) is 0 Å². The molecular weight excluding hydrogens is 158 g/mol. The molecule has 5 nitrogen and oxygen atoms in total. The van der Waals surface area contributed by atoms with E-state index in [-0.39, 0.29) is 6.04 Å². The van der Waals surface area contributed by atoms with Crippen molar-refractivity contribution in [2.45, 2.75) is 23.9 Å². The second-order valence-electron chi connectivity index (χ2n) is 3.07. The smallest absolute Gasteiger partial charge is 0.125 e. The van der Waals surface area contributed by atoms with Gasteiger partial charge in [0, 0.05) is 0 Å². The number of hydrogen-bond donors (Lipinski definition) is 5. The molecule has 0 heterocycles. The predicted molar refractivity (Wildman–Crippen MR) is 45.7 cm³/mol. The summed E-state index contributed by atoms with van der Waals surface area (Å²) in [5.41, 5.74) is -0.756. The van der Waals surface area contributed by atoms with Crippen LogP contribution in [0.15, 0.2) is 0 Å². The van der Waals surface area contributed by atoms with E-state index in [1.807, 2.05) is 0 Å². The summed E-state index contributed by atoms with van der Waals surface area (Å²) in [4.78, 5) is 0. The molecule has 0 saturated heterocycles. The number of nitrogens with one attached hydrogen (secondary N) is 3. The fourth-order valence-electron chi connectivity index (χ4n) is 1.83. The van der Waals surface area contributed by atoms with Gasteiger partial charge in [0.05, 0.1) is 6.04 Å². The van der Waals surface area contributed by atoms with E-state index < -0.39 is 17.9 Å². The SMILES string of the molecule is CNC1C(O)C(NC)(NC)C1O. The van der Waals surface area contributed by atoms with Gasteiger partial charge in [0.25, 0.3) is 0 Å². The molecule has 0 spiro atoms. The summed E-state index contributed by atoms with van der Waals surface area (Å²) in [6.07, 6.45) is -1.24. The van der Waals surface area contributed by atoms with Crippen molar-refractivity contribution in [3.63, 3.8) is 0 Å². The molecule has 0 aromatic carbocycles. The third kappa shape index (κ3) is 0.982. The molecule has 0 aromatic rings. The average Bonchev–Trinajstić information content (AvgIpc) is 2.08. The molecule has 72 valence electrons. The van der Waals surface area contributed by atoms with Gasteiger partial charge in [-0.05, 0) is 21.1 Å². The molecular formula is C7H17N3O2. The maximum absolute atomic E-state index is 9.64. The van der Waals surface area contributed by atoms with Gasteiger partial charge in [-0.2, -0.15) is 0 Å². The molecule has 2 unspecified atom stereocenters. The maximum atomic E-state index is 9.64. The van der Waals surface area contributed by atoms with E-state index >= 15 is 0 Å². The van der Waals surface area contributed by atoms with Crippen LogP contribution in [0.2, 0.25) is 0 Å². The highest BCUT2D eigenvalue weighted by Crippen LogP contribution is 2.29. The van der Waals surface area contributed by atoms with Gasteiger partial charge >= 0.3 is 0 Å². The Kier molecular flexibility index (Phi) is 2.70. The van der Waals surface area contributed by atoms with Crippen LogP contribution in [0.3, 0.4) is 0 Å². The molecule has 2 atom stereocenters. The van der Waals surface area contributed by atoms with Crippen LogP contribution in [0.5, 0.6) is 0 Å². The molecule has 0 aliphatic heterocycles. The topological polar surface area (TPSA) is 76.5 Å². The minimum Gasteiger partial charge on any atom is -0.388 e. The molecule has 1 rings (SSSR count). The Labute approximate surface area is 72.2 Å². The standard InChI is InChI=1S/C7H17N3O2/c1-8-4-5(11)7(9-2,10-3)6(4)12/h4-6,8-12H,1-3H3. The Morgan fingerprint density at radius 1 is 1.00 bits per heavy atom. The third-order valence-corrected chi connectivity index (χ3v) is 2.77. The van der Waals surface area contributed by atoms with Gasteiger partial charge in [0.1, 0.15) is 17.9 Å². The lowest BCUT2D eigenvalue weighted by Crippen LogP contribution is -2.86.